The van der Waals surface area contributed by atoms with Crippen LogP contribution in [-0.2, 0) is 9.47 Å². The van der Waals surface area contributed by atoms with E-state index >= 15 is 0 Å². The SMILES string of the molecule is CCCC[C@@H](CCC)O[C@H]1C[C@@H]2[C@H]3CC[C@@](C)([C@@H]2O1)C3(C)C. The van der Waals surface area contributed by atoms with Crippen LogP contribution >= 0.6 is 0 Å². The molecule has 1 saturated heterocycles. The second-order valence-electron chi connectivity index (χ2n) is 8.86. The third-order valence-electron chi connectivity index (χ3n) is 7.50. The van der Waals surface area contributed by atoms with Crippen LogP contribution in [0, 0.1) is 22.7 Å². The third-order valence-corrected chi connectivity index (χ3v) is 7.50. The number of hydrogen-bond donors (Lipinski definition) is 0. The summed E-state index contributed by atoms with van der Waals surface area (Å²) in [4.78, 5) is 0. The van der Waals surface area contributed by atoms with Gasteiger partial charge in [0.25, 0.3) is 0 Å². The molecule has 2 aliphatic carbocycles. The minimum Gasteiger partial charge on any atom is -0.349 e. The average molecular weight is 309 g/mol. The van der Waals surface area contributed by atoms with Gasteiger partial charge in [-0.1, -0.05) is 53.9 Å². The fourth-order valence-corrected chi connectivity index (χ4v) is 5.82. The van der Waals surface area contributed by atoms with Crippen molar-refractivity contribution in [3.05, 3.63) is 0 Å². The first-order valence-electron chi connectivity index (χ1n) is 9.75. The number of hydrogen-bond acceptors (Lipinski definition) is 2. The highest BCUT2D eigenvalue weighted by Crippen LogP contribution is 2.71. The van der Waals surface area contributed by atoms with Crippen molar-refractivity contribution >= 4 is 0 Å². The molecular weight excluding hydrogens is 272 g/mol. The first-order chi connectivity index (χ1) is 10.4. The minimum absolute atomic E-state index is 0.0689. The normalized spacial score (nSPS) is 43.5. The molecule has 0 aromatic carbocycles. The van der Waals surface area contributed by atoms with Crippen molar-refractivity contribution in [3.8, 4) is 0 Å². The summed E-state index contributed by atoms with van der Waals surface area (Å²) in [6.07, 6.45) is 10.9. The third kappa shape index (κ3) is 2.45. The fourth-order valence-electron chi connectivity index (χ4n) is 5.82. The van der Waals surface area contributed by atoms with Gasteiger partial charge >= 0.3 is 0 Å². The molecule has 0 spiro atoms. The quantitative estimate of drug-likeness (QED) is 0.614. The van der Waals surface area contributed by atoms with Crippen LogP contribution in [0.1, 0.15) is 86.0 Å². The van der Waals surface area contributed by atoms with E-state index in [1.165, 1.54) is 44.9 Å². The van der Waals surface area contributed by atoms with E-state index in [9.17, 15) is 0 Å². The number of unbranched alkanes of at least 4 members (excludes halogenated alkanes) is 1. The fraction of sp³-hybridized carbons (Fsp3) is 1.00. The first kappa shape index (κ1) is 16.8. The van der Waals surface area contributed by atoms with Gasteiger partial charge in [-0.05, 0) is 48.3 Å². The van der Waals surface area contributed by atoms with Crippen LogP contribution in [0.5, 0.6) is 0 Å². The standard InChI is InChI=1S/C20H36O2/c1-6-8-10-14(9-7-2)21-17-13-15-16-11-12-20(5,18(15)22-17)19(16,3)4/h14-18H,6-13H2,1-5H3/t14-,15-,16-,17-,18-,20+/m1/s1. The molecule has 0 radical (unpaired) electrons. The molecular formula is C20H36O2. The topological polar surface area (TPSA) is 18.5 Å². The lowest BCUT2D eigenvalue weighted by atomic mass is 9.70. The summed E-state index contributed by atoms with van der Waals surface area (Å²) >= 11 is 0. The molecule has 0 aromatic rings. The van der Waals surface area contributed by atoms with Gasteiger partial charge in [-0.25, -0.2) is 0 Å². The molecule has 22 heavy (non-hydrogen) atoms. The summed E-state index contributed by atoms with van der Waals surface area (Å²) in [6.45, 7) is 11.9. The lowest BCUT2D eigenvalue weighted by Crippen LogP contribution is -2.38. The van der Waals surface area contributed by atoms with Gasteiger partial charge in [0.1, 0.15) is 0 Å². The molecule has 0 unspecified atom stereocenters. The van der Waals surface area contributed by atoms with E-state index in [1.54, 1.807) is 0 Å². The lowest BCUT2D eigenvalue weighted by molar-refractivity contribution is -0.188. The molecule has 0 N–H and O–H groups in total. The Balaban J connectivity index is 1.62. The Kier molecular flexibility index (Phi) is 4.64. The second-order valence-corrected chi connectivity index (χ2v) is 8.86. The Morgan fingerprint density at radius 1 is 1.14 bits per heavy atom. The molecule has 128 valence electrons. The summed E-state index contributed by atoms with van der Waals surface area (Å²) in [7, 11) is 0. The molecule has 1 heterocycles. The average Bonchev–Trinajstić information content (AvgIpc) is 3.02. The predicted molar refractivity (Wildman–Crippen MR) is 90.7 cm³/mol. The van der Waals surface area contributed by atoms with Crippen molar-refractivity contribution in [3.63, 3.8) is 0 Å². The van der Waals surface area contributed by atoms with Crippen molar-refractivity contribution in [1.29, 1.82) is 0 Å². The zero-order chi connectivity index (χ0) is 16.0. The number of fused-ring (bicyclic) bond motifs is 5. The van der Waals surface area contributed by atoms with Crippen molar-refractivity contribution in [2.45, 2.75) is 104 Å². The summed E-state index contributed by atoms with van der Waals surface area (Å²) in [5, 5.41) is 0. The van der Waals surface area contributed by atoms with Gasteiger partial charge in [0.15, 0.2) is 6.29 Å². The Morgan fingerprint density at radius 3 is 2.55 bits per heavy atom. The Labute approximate surface area is 137 Å². The van der Waals surface area contributed by atoms with Crippen LogP contribution in [-0.4, -0.2) is 18.5 Å². The molecule has 0 amide bonds. The van der Waals surface area contributed by atoms with Gasteiger partial charge < -0.3 is 9.47 Å². The largest absolute Gasteiger partial charge is 0.349 e. The van der Waals surface area contributed by atoms with Gasteiger partial charge in [-0.2, -0.15) is 0 Å². The highest BCUT2D eigenvalue weighted by atomic mass is 16.7. The van der Waals surface area contributed by atoms with E-state index in [4.69, 9.17) is 9.47 Å². The molecule has 2 saturated carbocycles. The molecule has 3 fully saturated rings. The molecule has 3 rings (SSSR count). The van der Waals surface area contributed by atoms with Gasteiger partial charge in [0.2, 0.25) is 0 Å². The maximum Gasteiger partial charge on any atom is 0.158 e. The zero-order valence-corrected chi connectivity index (χ0v) is 15.4. The molecule has 6 atom stereocenters. The minimum atomic E-state index is 0.0689. The molecule has 2 bridgehead atoms. The molecule has 0 aromatic heterocycles. The van der Waals surface area contributed by atoms with E-state index in [2.05, 4.69) is 34.6 Å². The Morgan fingerprint density at radius 2 is 1.91 bits per heavy atom. The van der Waals surface area contributed by atoms with Gasteiger partial charge in [-0.3, -0.25) is 0 Å². The van der Waals surface area contributed by atoms with Crippen LogP contribution in [0.15, 0.2) is 0 Å². The van der Waals surface area contributed by atoms with Crippen molar-refractivity contribution in [2.24, 2.45) is 22.7 Å². The Bertz CT molecular complexity index is 391. The zero-order valence-electron chi connectivity index (χ0n) is 15.4. The van der Waals surface area contributed by atoms with Crippen molar-refractivity contribution in [2.75, 3.05) is 0 Å². The van der Waals surface area contributed by atoms with E-state index in [0.29, 0.717) is 23.0 Å². The maximum atomic E-state index is 6.49. The van der Waals surface area contributed by atoms with Gasteiger partial charge in [0.05, 0.1) is 12.2 Å². The molecule has 2 heteroatoms. The Hall–Kier alpha value is -0.0800. The van der Waals surface area contributed by atoms with Crippen LogP contribution < -0.4 is 0 Å². The second kappa shape index (κ2) is 6.09. The number of ether oxygens (including phenoxy) is 2. The maximum absolute atomic E-state index is 6.49. The van der Waals surface area contributed by atoms with Crippen LogP contribution in [0.3, 0.4) is 0 Å². The highest BCUT2D eigenvalue weighted by molar-refractivity contribution is 5.16. The lowest BCUT2D eigenvalue weighted by Gasteiger charge is -2.39. The van der Waals surface area contributed by atoms with Crippen LogP contribution in [0.4, 0.5) is 0 Å². The molecule has 2 nitrogen and oxygen atoms in total. The summed E-state index contributed by atoms with van der Waals surface area (Å²) in [6, 6.07) is 0. The van der Waals surface area contributed by atoms with Crippen molar-refractivity contribution in [1.82, 2.24) is 0 Å². The van der Waals surface area contributed by atoms with E-state index < -0.39 is 0 Å². The smallest absolute Gasteiger partial charge is 0.158 e. The highest BCUT2D eigenvalue weighted by Gasteiger charge is 2.69. The van der Waals surface area contributed by atoms with E-state index in [0.717, 1.165) is 18.3 Å². The van der Waals surface area contributed by atoms with Gasteiger partial charge in [0, 0.05) is 6.42 Å². The monoisotopic (exact) mass is 308 g/mol. The van der Waals surface area contributed by atoms with Crippen LogP contribution in [0.2, 0.25) is 0 Å². The van der Waals surface area contributed by atoms with E-state index in [-0.39, 0.29) is 6.29 Å². The van der Waals surface area contributed by atoms with E-state index in [1.807, 2.05) is 0 Å². The van der Waals surface area contributed by atoms with Crippen molar-refractivity contribution < 1.29 is 9.47 Å². The number of rotatable bonds is 7. The first-order valence-corrected chi connectivity index (χ1v) is 9.75. The molecule has 3 aliphatic rings. The summed E-state index contributed by atoms with van der Waals surface area (Å²) < 4.78 is 12.9. The summed E-state index contributed by atoms with van der Waals surface area (Å²) in [5.74, 6) is 1.59. The predicted octanol–water partition coefficient (Wildman–Crippen LogP) is 5.55. The van der Waals surface area contributed by atoms with Crippen LogP contribution in [0.25, 0.3) is 0 Å². The molecule has 1 aliphatic heterocycles. The van der Waals surface area contributed by atoms with Gasteiger partial charge in [-0.15, -0.1) is 0 Å². The summed E-state index contributed by atoms with van der Waals surface area (Å²) in [5.41, 5.74) is 0.808.